The third-order valence-corrected chi connectivity index (χ3v) is 4.55. The first-order valence-electron chi connectivity index (χ1n) is 7.35. The third-order valence-electron chi connectivity index (χ3n) is 3.69. The summed E-state index contributed by atoms with van der Waals surface area (Å²) in [6, 6.07) is 6.37. The summed E-state index contributed by atoms with van der Waals surface area (Å²) in [7, 11) is 0. The molecule has 3 rings (SSSR count). The van der Waals surface area contributed by atoms with E-state index in [1.54, 1.807) is 35.7 Å². The van der Waals surface area contributed by atoms with E-state index in [4.69, 9.17) is 5.11 Å². The van der Waals surface area contributed by atoms with Crippen LogP contribution in [0.4, 0.5) is 0 Å². The number of thiazole rings is 1. The minimum atomic E-state index is -0.964. The maximum Gasteiger partial charge on any atom is 0.335 e. The molecule has 0 saturated heterocycles. The van der Waals surface area contributed by atoms with Gasteiger partial charge in [0.1, 0.15) is 5.01 Å². The van der Waals surface area contributed by atoms with Crippen LogP contribution >= 0.6 is 11.3 Å². The number of hydrogen-bond acceptors (Lipinski definition) is 4. The molecule has 1 aromatic carbocycles. The van der Waals surface area contributed by atoms with Gasteiger partial charge in [-0.2, -0.15) is 0 Å². The van der Waals surface area contributed by atoms with Gasteiger partial charge in [0, 0.05) is 17.7 Å². The van der Waals surface area contributed by atoms with Gasteiger partial charge in [-0.1, -0.05) is 12.1 Å². The van der Waals surface area contributed by atoms with Crippen molar-refractivity contribution in [3.05, 3.63) is 58.1 Å². The van der Waals surface area contributed by atoms with Gasteiger partial charge in [0.2, 0.25) is 5.91 Å². The highest BCUT2D eigenvalue weighted by atomic mass is 32.1. The van der Waals surface area contributed by atoms with Gasteiger partial charge in [0.15, 0.2) is 0 Å². The van der Waals surface area contributed by atoms with E-state index in [-0.39, 0.29) is 17.5 Å². The number of carbonyl (C=O) groups is 2. The van der Waals surface area contributed by atoms with E-state index in [1.165, 1.54) is 18.2 Å². The molecule has 1 amide bonds. The van der Waals surface area contributed by atoms with Crippen LogP contribution in [0.25, 0.3) is 6.08 Å². The molecule has 1 aromatic heterocycles. The molecule has 1 heterocycles. The fourth-order valence-electron chi connectivity index (χ4n) is 2.31. The van der Waals surface area contributed by atoms with Crippen LogP contribution in [0.3, 0.4) is 0 Å². The largest absolute Gasteiger partial charge is 0.478 e. The second-order valence-corrected chi connectivity index (χ2v) is 6.38. The number of carboxylic acid groups (broad SMARTS) is 1. The lowest BCUT2D eigenvalue weighted by atomic mass is 10.1. The Kier molecular flexibility index (Phi) is 4.52. The van der Waals surface area contributed by atoms with Crippen molar-refractivity contribution in [2.45, 2.75) is 18.9 Å². The van der Waals surface area contributed by atoms with E-state index in [0.717, 1.165) is 23.4 Å². The number of rotatable bonds is 6. The summed E-state index contributed by atoms with van der Waals surface area (Å²) < 4.78 is 0. The Morgan fingerprint density at radius 1 is 1.30 bits per heavy atom. The Morgan fingerprint density at radius 2 is 2.04 bits per heavy atom. The van der Waals surface area contributed by atoms with Crippen LogP contribution in [0.1, 0.15) is 39.8 Å². The van der Waals surface area contributed by atoms with Crippen LogP contribution < -0.4 is 5.32 Å². The van der Waals surface area contributed by atoms with E-state index in [0.29, 0.717) is 5.92 Å². The fourth-order valence-corrected chi connectivity index (χ4v) is 3.09. The summed E-state index contributed by atoms with van der Waals surface area (Å²) in [4.78, 5) is 27.2. The third kappa shape index (κ3) is 4.04. The second-order valence-electron chi connectivity index (χ2n) is 5.45. The van der Waals surface area contributed by atoms with E-state index in [1.807, 2.05) is 5.38 Å². The summed E-state index contributed by atoms with van der Waals surface area (Å²) in [5, 5.41) is 14.7. The molecule has 1 atom stereocenters. The minimum absolute atomic E-state index is 0.0125. The van der Waals surface area contributed by atoms with Gasteiger partial charge >= 0.3 is 5.97 Å². The van der Waals surface area contributed by atoms with Crippen molar-refractivity contribution in [2.75, 3.05) is 0 Å². The predicted molar refractivity (Wildman–Crippen MR) is 88.2 cm³/mol. The van der Waals surface area contributed by atoms with E-state index < -0.39 is 5.97 Å². The zero-order valence-corrected chi connectivity index (χ0v) is 13.1. The number of carbonyl (C=O) groups excluding carboxylic acids is 1. The van der Waals surface area contributed by atoms with Gasteiger partial charge in [-0.25, -0.2) is 9.78 Å². The van der Waals surface area contributed by atoms with Gasteiger partial charge < -0.3 is 10.4 Å². The maximum absolute atomic E-state index is 12.1. The van der Waals surface area contributed by atoms with Crippen molar-refractivity contribution in [1.29, 1.82) is 0 Å². The molecule has 2 aromatic rings. The van der Waals surface area contributed by atoms with Gasteiger partial charge in [-0.15, -0.1) is 11.3 Å². The molecule has 6 heteroatoms. The molecule has 1 saturated carbocycles. The molecule has 0 spiro atoms. The fraction of sp³-hybridized carbons (Fsp3) is 0.235. The quantitative estimate of drug-likeness (QED) is 0.799. The lowest BCUT2D eigenvalue weighted by Gasteiger charge is -2.14. The molecule has 0 aliphatic heterocycles. The van der Waals surface area contributed by atoms with Gasteiger partial charge in [-0.3, -0.25) is 4.79 Å². The van der Waals surface area contributed by atoms with Crippen molar-refractivity contribution >= 4 is 29.3 Å². The molecular weight excluding hydrogens is 312 g/mol. The molecule has 1 aliphatic carbocycles. The monoisotopic (exact) mass is 328 g/mol. The SMILES string of the molecule is O=C(/C=C/c1ccc(C(=O)O)cc1)NC(c1nccs1)C1CC1. The Labute approximate surface area is 137 Å². The topological polar surface area (TPSA) is 79.3 Å². The summed E-state index contributed by atoms with van der Waals surface area (Å²) in [6.07, 6.45) is 7.13. The maximum atomic E-state index is 12.1. The van der Waals surface area contributed by atoms with Gasteiger partial charge in [0.05, 0.1) is 11.6 Å². The zero-order chi connectivity index (χ0) is 16.2. The number of aromatic carboxylic acids is 1. The van der Waals surface area contributed by atoms with Crippen molar-refractivity contribution in [3.8, 4) is 0 Å². The molecule has 2 N–H and O–H groups in total. The van der Waals surface area contributed by atoms with Crippen LogP contribution in [-0.4, -0.2) is 22.0 Å². The van der Waals surface area contributed by atoms with Crippen LogP contribution in [0.15, 0.2) is 41.9 Å². The number of amides is 1. The van der Waals surface area contributed by atoms with Crippen LogP contribution in [-0.2, 0) is 4.79 Å². The molecule has 0 radical (unpaired) electrons. The Hall–Kier alpha value is -2.47. The highest BCUT2D eigenvalue weighted by Gasteiger charge is 2.34. The zero-order valence-electron chi connectivity index (χ0n) is 12.3. The Balaban J connectivity index is 1.62. The summed E-state index contributed by atoms with van der Waals surface area (Å²) in [6.45, 7) is 0. The number of hydrogen-bond donors (Lipinski definition) is 2. The molecule has 0 bridgehead atoms. The van der Waals surface area contributed by atoms with Gasteiger partial charge in [-0.05, 0) is 42.5 Å². The summed E-state index contributed by atoms with van der Waals surface area (Å²) in [5.41, 5.74) is 1.01. The smallest absolute Gasteiger partial charge is 0.335 e. The molecule has 23 heavy (non-hydrogen) atoms. The lowest BCUT2D eigenvalue weighted by molar-refractivity contribution is -0.117. The first-order chi connectivity index (χ1) is 11.1. The van der Waals surface area contributed by atoms with Crippen molar-refractivity contribution in [3.63, 3.8) is 0 Å². The summed E-state index contributed by atoms with van der Waals surface area (Å²) >= 11 is 1.55. The van der Waals surface area contributed by atoms with Crippen molar-refractivity contribution in [2.24, 2.45) is 5.92 Å². The van der Waals surface area contributed by atoms with Crippen molar-refractivity contribution in [1.82, 2.24) is 10.3 Å². The van der Waals surface area contributed by atoms with E-state index in [2.05, 4.69) is 10.3 Å². The lowest BCUT2D eigenvalue weighted by Crippen LogP contribution is -2.28. The molecular formula is C17H16N2O3S. The Bertz CT molecular complexity index is 719. The molecule has 5 nitrogen and oxygen atoms in total. The van der Waals surface area contributed by atoms with E-state index >= 15 is 0 Å². The Morgan fingerprint density at radius 3 is 2.61 bits per heavy atom. The average molecular weight is 328 g/mol. The first-order valence-corrected chi connectivity index (χ1v) is 8.23. The van der Waals surface area contributed by atoms with E-state index in [9.17, 15) is 9.59 Å². The van der Waals surface area contributed by atoms with Crippen LogP contribution in [0.5, 0.6) is 0 Å². The highest BCUT2D eigenvalue weighted by molar-refractivity contribution is 7.09. The second kappa shape index (κ2) is 6.75. The highest BCUT2D eigenvalue weighted by Crippen LogP contribution is 2.41. The standard InChI is InChI=1S/C17H16N2O3S/c20-14(8-3-11-1-4-13(5-2-11)17(21)22)19-15(12-6-7-12)16-18-9-10-23-16/h1-5,8-10,12,15H,6-7H2,(H,19,20)(H,21,22)/b8-3+. The molecule has 118 valence electrons. The van der Waals surface area contributed by atoms with Crippen molar-refractivity contribution < 1.29 is 14.7 Å². The normalized spacial score (nSPS) is 15.5. The first kappa shape index (κ1) is 15.4. The molecule has 1 unspecified atom stereocenters. The van der Waals surface area contributed by atoms with Gasteiger partial charge in [0.25, 0.3) is 0 Å². The number of carboxylic acids is 1. The van der Waals surface area contributed by atoms with Crippen LogP contribution in [0.2, 0.25) is 0 Å². The number of nitrogens with zero attached hydrogens (tertiary/aromatic N) is 1. The minimum Gasteiger partial charge on any atom is -0.478 e. The number of nitrogens with one attached hydrogen (secondary N) is 1. The number of benzene rings is 1. The predicted octanol–water partition coefficient (Wildman–Crippen LogP) is 3.12. The number of aromatic nitrogens is 1. The summed E-state index contributed by atoms with van der Waals surface area (Å²) in [5.74, 6) is -0.651. The molecule has 1 aliphatic rings. The molecule has 1 fully saturated rings. The average Bonchev–Trinajstić information content (AvgIpc) is 3.25. The van der Waals surface area contributed by atoms with Crippen LogP contribution in [0, 0.1) is 5.92 Å².